The number of amides is 1. The van der Waals surface area contributed by atoms with Crippen LogP contribution in [0.1, 0.15) is 53.4 Å². The number of thiazole rings is 1. The summed E-state index contributed by atoms with van der Waals surface area (Å²) in [7, 11) is 1.35. The van der Waals surface area contributed by atoms with Crippen LogP contribution < -0.4 is 4.80 Å². The van der Waals surface area contributed by atoms with Crippen LogP contribution in [0.3, 0.4) is 0 Å². The van der Waals surface area contributed by atoms with Gasteiger partial charge in [0.25, 0.3) is 5.91 Å². The zero-order chi connectivity index (χ0) is 21.8. The molecule has 0 radical (unpaired) electrons. The van der Waals surface area contributed by atoms with Gasteiger partial charge in [0.05, 0.1) is 35.2 Å². The van der Waals surface area contributed by atoms with Crippen LogP contribution in [0.2, 0.25) is 0 Å². The van der Waals surface area contributed by atoms with E-state index in [9.17, 15) is 9.59 Å². The number of ether oxygens (including phenoxy) is 2. The summed E-state index contributed by atoms with van der Waals surface area (Å²) in [6.45, 7) is 9.37. The van der Waals surface area contributed by atoms with Gasteiger partial charge in [-0.3, -0.25) is 9.48 Å². The molecule has 0 spiro atoms. The number of nitrogens with zero attached hydrogens (tertiary/aromatic N) is 4. The van der Waals surface area contributed by atoms with Crippen molar-refractivity contribution in [3.05, 3.63) is 46.0 Å². The van der Waals surface area contributed by atoms with E-state index in [2.05, 4.69) is 10.1 Å². The Bertz CT molecular complexity index is 1140. The maximum atomic E-state index is 13.0. The number of aromatic nitrogens is 3. The van der Waals surface area contributed by atoms with Gasteiger partial charge in [-0.15, -0.1) is 0 Å². The van der Waals surface area contributed by atoms with E-state index in [0.29, 0.717) is 35.8 Å². The molecule has 0 aliphatic carbocycles. The Morgan fingerprint density at radius 2 is 2.03 bits per heavy atom. The second-order valence-corrected chi connectivity index (χ2v) is 8.04. The fourth-order valence-corrected chi connectivity index (χ4v) is 4.23. The molecule has 0 fully saturated rings. The number of hydrogen-bond acceptors (Lipinski definition) is 6. The van der Waals surface area contributed by atoms with E-state index < -0.39 is 5.97 Å². The average Bonchev–Trinajstić information content (AvgIpc) is 3.27. The third-order valence-electron chi connectivity index (χ3n) is 4.53. The van der Waals surface area contributed by atoms with Crippen LogP contribution in [0, 0.1) is 6.92 Å². The SMILES string of the molecule is CCOCCn1c(=NC(=O)c2cc(C)nn2C(C)C)sc2cc(C(=O)OC)ccc21. The lowest BCUT2D eigenvalue weighted by Crippen LogP contribution is -2.21. The van der Waals surface area contributed by atoms with Crippen molar-refractivity contribution in [2.24, 2.45) is 4.99 Å². The highest BCUT2D eigenvalue weighted by Gasteiger charge is 2.17. The standard InChI is InChI=1S/C21H26N4O4S/c1-6-29-10-9-24-16-8-7-15(20(27)28-5)12-18(16)30-21(24)22-19(26)17-11-14(4)23-25(17)13(2)3/h7-8,11-13H,6,9-10H2,1-5H3. The Kier molecular flexibility index (Phi) is 6.84. The van der Waals surface area contributed by atoms with Gasteiger partial charge in [0, 0.05) is 19.2 Å². The predicted molar refractivity (Wildman–Crippen MR) is 115 cm³/mol. The summed E-state index contributed by atoms with van der Waals surface area (Å²) >= 11 is 1.35. The maximum Gasteiger partial charge on any atom is 0.337 e. The minimum atomic E-state index is -0.406. The van der Waals surface area contributed by atoms with Crippen molar-refractivity contribution >= 4 is 33.4 Å². The van der Waals surface area contributed by atoms with Crippen LogP contribution >= 0.6 is 11.3 Å². The Hall–Kier alpha value is -2.78. The van der Waals surface area contributed by atoms with Gasteiger partial charge in [-0.1, -0.05) is 11.3 Å². The molecule has 30 heavy (non-hydrogen) atoms. The molecule has 2 heterocycles. The Balaban J connectivity index is 2.11. The largest absolute Gasteiger partial charge is 0.465 e. The van der Waals surface area contributed by atoms with Crippen LogP contribution in [0.15, 0.2) is 29.3 Å². The van der Waals surface area contributed by atoms with Crippen molar-refractivity contribution in [3.8, 4) is 0 Å². The summed E-state index contributed by atoms with van der Waals surface area (Å²) < 4.78 is 14.8. The summed E-state index contributed by atoms with van der Waals surface area (Å²) in [6.07, 6.45) is 0. The molecule has 3 aromatic rings. The monoisotopic (exact) mass is 430 g/mol. The number of carbonyl (C=O) groups excluding carboxylic acids is 2. The van der Waals surface area contributed by atoms with Crippen molar-refractivity contribution in [1.82, 2.24) is 14.3 Å². The molecular weight excluding hydrogens is 404 g/mol. The Labute approximate surface area is 178 Å². The number of benzene rings is 1. The zero-order valence-corrected chi connectivity index (χ0v) is 18.7. The van der Waals surface area contributed by atoms with Crippen molar-refractivity contribution in [3.63, 3.8) is 0 Å². The number of carbonyl (C=O) groups is 2. The molecule has 0 aliphatic heterocycles. The van der Waals surface area contributed by atoms with Crippen LogP contribution in [0.25, 0.3) is 10.2 Å². The van der Waals surface area contributed by atoms with Crippen molar-refractivity contribution in [1.29, 1.82) is 0 Å². The molecule has 0 atom stereocenters. The van der Waals surface area contributed by atoms with Crippen molar-refractivity contribution in [2.45, 2.75) is 40.3 Å². The smallest absolute Gasteiger partial charge is 0.337 e. The van der Waals surface area contributed by atoms with E-state index in [1.54, 1.807) is 22.9 Å². The molecule has 0 saturated carbocycles. The second-order valence-electron chi connectivity index (χ2n) is 7.03. The van der Waals surface area contributed by atoms with E-state index in [1.165, 1.54) is 18.4 Å². The van der Waals surface area contributed by atoms with Crippen molar-refractivity contribution < 1.29 is 19.1 Å². The van der Waals surface area contributed by atoms with Gasteiger partial charge in [-0.05, 0) is 52.0 Å². The van der Waals surface area contributed by atoms with Gasteiger partial charge in [0.2, 0.25) is 0 Å². The number of methoxy groups -OCH3 is 1. The summed E-state index contributed by atoms with van der Waals surface area (Å²) in [4.78, 5) is 29.8. The van der Waals surface area contributed by atoms with E-state index in [1.807, 2.05) is 38.3 Å². The van der Waals surface area contributed by atoms with Crippen LogP contribution in [-0.2, 0) is 16.0 Å². The highest BCUT2D eigenvalue weighted by atomic mass is 32.1. The molecule has 0 aliphatic rings. The first-order valence-electron chi connectivity index (χ1n) is 9.80. The summed E-state index contributed by atoms with van der Waals surface area (Å²) in [6, 6.07) is 7.10. The first-order chi connectivity index (χ1) is 14.3. The topological polar surface area (TPSA) is 87.7 Å². The molecule has 2 aromatic heterocycles. The molecular formula is C21H26N4O4S. The van der Waals surface area contributed by atoms with Gasteiger partial charge >= 0.3 is 5.97 Å². The van der Waals surface area contributed by atoms with Gasteiger partial charge < -0.3 is 14.0 Å². The van der Waals surface area contributed by atoms with E-state index in [-0.39, 0.29) is 11.9 Å². The molecule has 1 amide bonds. The zero-order valence-electron chi connectivity index (χ0n) is 17.8. The predicted octanol–water partition coefficient (Wildman–Crippen LogP) is 3.35. The van der Waals surface area contributed by atoms with Gasteiger partial charge in [-0.2, -0.15) is 10.1 Å². The van der Waals surface area contributed by atoms with E-state index in [4.69, 9.17) is 9.47 Å². The van der Waals surface area contributed by atoms with Gasteiger partial charge in [0.15, 0.2) is 4.80 Å². The number of fused-ring (bicyclic) bond motifs is 1. The fraction of sp³-hybridized carbons (Fsp3) is 0.429. The normalized spacial score (nSPS) is 12.1. The maximum absolute atomic E-state index is 13.0. The molecule has 1 aromatic carbocycles. The van der Waals surface area contributed by atoms with E-state index >= 15 is 0 Å². The van der Waals surface area contributed by atoms with Crippen LogP contribution in [-0.4, -0.2) is 46.5 Å². The highest BCUT2D eigenvalue weighted by Crippen LogP contribution is 2.20. The summed E-state index contributed by atoms with van der Waals surface area (Å²) in [5, 5.41) is 4.40. The van der Waals surface area contributed by atoms with E-state index in [0.717, 1.165) is 15.9 Å². The first-order valence-corrected chi connectivity index (χ1v) is 10.6. The summed E-state index contributed by atoms with van der Waals surface area (Å²) in [5.41, 5.74) is 2.55. The first kappa shape index (κ1) is 21.9. The molecule has 160 valence electrons. The summed E-state index contributed by atoms with van der Waals surface area (Å²) in [5.74, 6) is -0.758. The molecule has 0 bridgehead atoms. The van der Waals surface area contributed by atoms with Crippen LogP contribution in [0.4, 0.5) is 0 Å². The Morgan fingerprint density at radius 3 is 2.70 bits per heavy atom. The van der Waals surface area contributed by atoms with Crippen molar-refractivity contribution in [2.75, 3.05) is 20.3 Å². The number of aryl methyl sites for hydroxylation is 1. The van der Waals surface area contributed by atoms with Crippen LogP contribution in [0.5, 0.6) is 0 Å². The lowest BCUT2D eigenvalue weighted by Gasteiger charge is -2.08. The molecule has 9 heteroatoms. The Morgan fingerprint density at radius 1 is 1.27 bits per heavy atom. The number of rotatable bonds is 7. The number of hydrogen-bond donors (Lipinski definition) is 0. The molecule has 0 N–H and O–H groups in total. The second kappa shape index (κ2) is 9.36. The minimum absolute atomic E-state index is 0.0444. The van der Waals surface area contributed by atoms with Gasteiger partial charge in [-0.25, -0.2) is 4.79 Å². The third-order valence-corrected chi connectivity index (χ3v) is 5.57. The average molecular weight is 431 g/mol. The molecule has 0 saturated heterocycles. The van der Waals surface area contributed by atoms with Gasteiger partial charge in [0.1, 0.15) is 5.69 Å². The quantitative estimate of drug-likeness (QED) is 0.424. The number of esters is 1. The lowest BCUT2D eigenvalue weighted by molar-refractivity contribution is 0.0600. The molecule has 0 unspecified atom stereocenters. The lowest BCUT2D eigenvalue weighted by atomic mass is 10.2. The molecule has 8 nitrogen and oxygen atoms in total. The minimum Gasteiger partial charge on any atom is -0.465 e. The molecule has 3 rings (SSSR count). The highest BCUT2D eigenvalue weighted by molar-refractivity contribution is 7.16. The third kappa shape index (κ3) is 4.52. The fourth-order valence-electron chi connectivity index (χ4n) is 3.13.